The van der Waals surface area contributed by atoms with E-state index in [2.05, 4.69) is 20.6 Å². The van der Waals surface area contributed by atoms with Crippen molar-refractivity contribution in [3.8, 4) is 0 Å². The minimum absolute atomic E-state index is 0. The van der Waals surface area contributed by atoms with Gasteiger partial charge < -0.3 is 25.2 Å². The molecule has 1 atom stereocenters. The van der Waals surface area contributed by atoms with Crippen molar-refractivity contribution in [2.45, 2.75) is 44.4 Å². The van der Waals surface area contributed by atoms with E-state index in [1.54, 1.807) is 7.05 Å². The van der Waals surface area contributed by atoms with Gasteiger partial charge in [-0.15, -0.1) is 24.0 Å². The summed E-state index contributed by atoms with van der Waals surface area (Å²) >= 11 is 0. The number of alkyl halides is 3. The Bertz CT molecular complexity index is 734. The SMILES string of the molecule is CCNC(=NCCC(O)(c1nccn1C)C(F)(F)F)N1CCC(CC(=O)NC)CC1.I. The number of amides is 1. The number of halogens is 4. The monoisotopic (exact) mass is 560 g/mol. The number of guanidine groups is 1. The summed E-state index contributed by atoms with van der Waals surface area (Å²) < 4.78 is 42.1. The maximum Gasteiger partial charge on any atom is 0.424 e. The molecule has 1 aliphatic rings. The van der Waals surface area contributed by atoms with Crippen molar-refractivity contribution in [1.29, 1.82) is 0 Å². The van der Waals surface area contributed by atoms with Gasteiger partial charge in [-0.2, -0.15) is 13.2 Å². The zero-order valence-electron chi connectivity index (χ0n) is 18.1. The fourth-order valence-corrected chi connectivity index (χ4v) is 3.61. The standard InChI is InChI=1S/C19H31F3N6O2.HI/c1-4-24-17(28-10-5-14(6-11-28)13-15(29)23-2)26-8-7-18(30,19(20,21)22)16-25-9-12-27(16)3;/h9,12,14,30H,4-8,10-11,13H2,1-3H3,(H,23,29)(H,24,26);1H. The maximum atomic E-state index is 13.6. The lowest BCUT2D eigenvalue weighted by Gasteiger charge is -2.34. The zero-order chi connectivity index (χ0) is 22.4. The van der Waals surface area contributed by atoms with Crippen molar-refractivity contribution in [2.24, 2.45) is 18.0 Å². The summed E-state index contributed by atoms with van der Waals surface area (Å²) in [7, 11) is 3.02. The molecule has 1 aromatic rings. The average Bonchev–Trinajstić information content (AvgIpc) is 3.13. The predicted octanol–water partition coefficient (Wildman–Crippen LogP) is 1.99. The third-order valence-electron chi connectivity index (χ3n) is 5.40. The molecule has 0 aliphatic carbocycles. The van der Waals surface area contributed by atoms with Crippen LogP contribution in [0.3, 0.4) is 0 Å². The van der Waals surface area contributed by atoms with Gasteiger partial charge in [0.2, 0.25) is 11.5 Å². The Kier molecular flexibility index (Phi) is 10.5. The molecule has 2 rings (SSSR count). The second-order valence-electron chi connectivity index (χ2n) is 7.51. The van der Waals surface area contributed by atoms with Crippen molar-refractivity contribution in [3.05, 3.63) is 18.2 Å². The predicted molar refractivity (Wildman–Crippen MR) is 122 cm³/mol. The number of hydrogen-bond acceptors (Lipinski definition) is 4. The number of aromatic nitrogens is 2. The van der Waals surface area contributed by atoms with E-state index in [1.807, 2.05) is 11.8 Å². The molecule has 0 spiro atoms. The Labute approximate surface area is 197 Å². The molecule has 178 valence electrons. The lowest BCUT2D eigenvalue weighted by Crippen LogP contribution is -2.47. The van der Waals surface area contributed by atoms with Gasteiger partial charge in [0.25, 0.3) is 0 Å². The quantitative estimate of drug-likeness (QED) is 0.270. The number of carbonyl (C=O) groups excluding carboxylic acids is 1. The van der Waals surface area contributed by atoms with E-state index in [9.17, 15) is 23.1 Å². The molecule has 2 heterocycles. The lowest BCUT2D eigenvalue weighted by atomic mass is 9.93. The molecule has 0 bridgehead atoms. The first-order valence-electron chi connectivity index (χ1n) is 10.1. The third kappa shape index (κ3) is 6.96. The number of carbonyl (C=O) groups is 1. The highest BCUT2D eigenvalue weighted by atomic mass is 127. The van der Waals surface area contributed by atoms with Gasteiger partial charge in [0.15, 0.2) is 5.96 Å². The number of hydrogen-bond donors (Lipinski definition) is 3. The van der Waals surface area contributed by atoms with Crippen molar-refractivity contribution >= 4 is 35.8 Å². The number of imidazole rings is 1. The molecule has 3 N–H and O–H groups in total. The van der Waals surface area contributed by atoms with Gasteiger partial charge in [-0.05, 0) is 25.7 Å². The van der Waals surface area contributed by atoms with Crippen molar-refractivity contribution in [1.82, 2.24) is 25.1 Å². The number of aliphatic hydroxyl groups is 1. The fourth-order valence-electron chi connectivity index (χ4n) is 3.61. The number of nitrogens with zero attached hydrogens (tertiary/aromatic N) is 4. The molecule has 1 saturated heterocycles. The highest BCUT2D eigenvalue weighted by Gasteiger charge is 2.57. The van der Waals surface area contributed by atoms with Crippen molar-refractivity contribution in [3.63, 3.8) is 0 Å². The van der Waals surface area contributed by atoms with E-state index in [4.69, 9.17) is 0 Å². The summed E-state index contributed by atoms with van der Waals surface area (Å²) in [5.74, 6) is 0.350. The molecular formula is C19H32F3IN6O2. The first kappa shape index (κ1) is 27.5. The molecule has 31 heavy (non-hydrogen) atoms. The van der Waals surface area contributed by atoms with Gasteiger partial charge in [0.1, 0.15) is 5.82 Å². The van der Waals surface area contributed by atoms with Crippen LogP contribution in [0.15, 0.2) is 17.4 Å². The van der Waals surface area contributed by atoms with E-state index in [1.165, 1.54) is 24.0 Å². The van der Waals surface area contributed by atoms with Crippen LogP contribution in [0.5, 0.6) is 0 Å². The Hall–Kier alpha value is -1.57. The van der Waals surface area contributed by atoms with E-state index in [0.29, 0.717) is 32.0 Å². The number of likely N-dealkylation sites (tertiary alicyclic amines) is 1. The molecule has 12 heteroatoms. The van der Waals surface area contributed by atoms with Gasteiger partial charge in [-0.25, -0.2) is 4.98 Å². The molecule has 1 fully saturated rings. The number of piperidine rings is 1. The van der Waals surface area contributed by atoms with E-state index in [0.717, 1.165) is 12.8 Å². The van der Waals surface area contributed by atoms with Crippen LogP contribution >= 0.6 is 24.0 Å². The summed E-state index contributed by atoms with van der Waals surface area (Å²) in [5.41, 5.74) is -3.08. The summed E-state index contributed by atoms with van der Waals surface area (Å²) in [4.78, 5) is 21.6. The van der Waals surface area contributed by atoms with Crippen LogP contribution in [0.4, 0.5) is 13.2 Å². The Morgan fingerprint density at radius 2 is 2.00 bits per heavy atom. The molecular weight excluding hydrogens is 528 g/mol. The lowest BCUT2D eigenvalue weighted by molar-refractivity contribution is -0.272. The van der Waals surface area contributed by atoms with E-state index < -0.39 is 24.0 Å². The zero-order valence-corrected chi connectivity index (χ0v) is 20.4. The van der Waals surface area contributed by atoms with E-state index in [-0.39, 0.29) is 42.3 Å². The number of aliphatic imine (C=N–C) groups is 1. The molecule has 1 unspecified atom stereocenters. The van der Waals surface area contributed by atoms with Crippen molar-refractivity contribution in [2.75, 3.05) is 33.2 Å². The fraction of sp³-hybridized carbons (Fsp3) is 0.737. The van der Waals surface area contributed by atoms with Crippen LogP contribution in [0, 0.1) is 5.92 Å². The molecule has 1 aromatic heterocycles. The average molecular weight is 560 g/mol. The number of rotatable bonds is 7. The summed E-state index contributed by atoms with van der Waals surface area (Å²) in [6, 6.07) is 0. The summed E-state index contributed by atoms with van der Waals surface area (Å²) in [6.07, 6.45) is -0.846. The van der Waals surface area contributed by atoms with Crippen LogP contribution in [0.2, 0.25) is 0 Å². The smallest absolute Gasteiger partial charge is 0.374 e. The highest BCUT2D eigenvalue weighted by molar-refractivity contribution is 14.0. The molecule has 0 radical (unpaired) electrons. The first-order valence-corrected chi connectivity index (χ1v) is 10.1. The minimum atomic E-state index is -4.88. The Morgan fingerprint density at radius 3 is 2.48 bits per heavy atom. The molecule has 0 saturated carbocycles. The van der Waals surface area contributed by atoms with Gasteiger partial charge >= 0.3 is 6.18 Å². The molecule has 1 aliphatic heterocycles. The second-order valence-corrected chi connectivity index (χ2v) is 7.51. The van der Waals surface area contributed by atoms with Gasteiger partial charge in [0, 0.05) is 65.5 Å². The van der Waals surface area contributed by atoms with Crippen LogP contribution < -0.4 is 10.6 Å². The van der Waals surface area contributed by atoms with E-state index >= 15 is 0 Å². The summed E-state index contributed by atoms with van der Waals surface area (Å²) in [5, 5.41) is 16.2. The third-order valence-corrected chi connectivity index (χ3v) is 5.40. The van der Waals surface area contributed by atoms with Gasteiger partial charge in [-0.3, -0.25) is 9.79 Å². The van der Waals surface area contributed by atoms with Crippen LogP contribution in [0.25, 0.3) is 0 Å². The van der Waals surface area contributed by atoms with Gasteiger partial charge in [-0.1, -0.05) is 0 Å². The van der Waals surface area contributed by atoms with Crippen LogP contribution in [0.1, 0.15) is 38.4 Å². The summed E-state index contributed by atoms with van der Waals surface area (Å²) in [6.45, 7) is 3.56. The van der Waals surface area contributed by atoms with Crippen molar-refractivity contribution < 1.29 is 23.1 Å². The molecule has 1 amide bonds. The maximum absolute atomic E-state index is 13.6. The Balaban J connectivity index is 0.00000480. The topological polar surface area (TPSA) is 94.8 Å². The number of nitrogens with one attached hydrogen (secondary N) is 2. The second kappa shape index (κ2) is 11.9. The van der Waals surface area contributed by atoms with Gasteiger partial charge in [0.05, 0.1) is 0 Å². The largest absolute Gasteiger partial charge is 0.424 e. The molecule has 0 aromatic carbocycles. The minimum Gasteiger partial charge on any atom is -0.374 e. The van der Waals surface area contributed by atoms with Crippen LogP contribution in [-0.2, 0) is 17.4 Å². The first-order chi connectivity index (χ1) is 14.1. The number of aryl methyl sites for hydroxylation is 1. The Morgan fingerprint density at radius 1 is 1.35 bits per heavy atom. The molecule has 8 nitrogen and oxygen atoms in total. The highest BCUT2D eigenvalue weighted by Crippen LogP contribution is 2.40. The normalized spacial score (nSPS) is 17.6. The van der Waals surface area contributed by atoms with Crippen LogP contribution in [-0.4, -0.2) is 70.8 Å².